The molecule has 5 rings (SSSR count). The van der Waals surface area contributed by atoms with Gasteiger partial charge in [-0.15, -0.1) is 0 Å². The van der Waals surface area contributed by atoms with Crippen molar-refractivity contribution in [3.8, 4) is 11.4 Å². The first-order valence-corrected chi connectivity index (χ1v) is 14.1. The summed E-state index contributed by atoms with van der Waals surface area (Å²) in [4.78, 5) is 32.0. The number of benzene rings is 1. The van der Waals surface area contributed by atoms with Gasteiger partial charge in [0.05, 0.1) is 5.02 Å². The van der Waals surface area contributed by atoms with Gasteiger partial charge >= 0.3 is 0 Å². The number of likely N-dealkylation sites (tertiary alicyclic amines) is 1. The summed E-state index contributed by atoms with van der Waals surface area (Å²) in [7, 11) is 1.66. The topological polar surface area (TPSA) is 80.4 Å². The summed E-state index contributed by atoms with van der Waals surface area (Å²) in [6.45, 7) is 7.88. The molecule has 0 spiro atoms. The SMILES string of the molecule is CCC1CN(c2ncc(-c3ncc[nH]3)cc2Cl)CCN1C1CCN(Cc2ccc(Cl)cc2C(=O)NC)CC1. The zero-order chi connectivity index (χ0) is 26.6. The standard InChI is InChI=1S/C28H35Cl2N7O/c1-3-22-18-36(27-25(30)14-20(16-34-27)26-32-8-9-33-26)12-13-37(22)23-6-10-35(11-7-23)17-19-4-5-21(29)15-24(19)28(38)31-2/h4-5,8-9,14-16,22-23H,3,6-7,10-13,17-18H2,1-2H3,(H,31,38)(H,32,33). The van der Waals surface area contributed by atoms with E-state index in [9.17, 15) is 4.79 Å². The molecule has 202 valence electrons. The number of nitrogens with one attached hydrogen (secondary N) is 2. The lowest BCUT2D eigenvalue weighted by Gasteiger charge is -2.47. The Labute approximate surface area is 234 Å². The van der Waals surface area contributed by atoms with Crippen molar-refractivity contribution in [1.29, 1.82) is 0 Å². The van der Waals surface area contributed by atoms with E-state index < -0.39 is 0 Å². The average Bonchev–Trinajstić information content (AvgIpc) is 3.49. The fraction of sp³-hybridized carbons (Fsp3) is 0.464. The minimum Gasteiger partial charge on any atom is -0.355 e. The Morgan fingerprint density at radius 3 is 2.63 bits per heavy atom. The molecule has 8 nitrogen and oxygen atoms in total. The number of amides is 1. The Hall–Kier alpha value is -2.65. The molecule has 2 fully saturated rings. The van der Waals surface area contributed by atoms with E-state index in [0.717, 1.165) is 81.3 Å². The molecule has 4 heterocycles. The number of aromatic amines is 1. The van der Waals surface area contributed by atoms with Gasteiger partial charge in [0.25, 0.3) is 5.91 Å². The van der Waals surface area contributed by atoms with Crippen LogP contribution < -0.4 is 10.2 Å². The zero-order valence-electron chi connectivity index (χ0n) is 22.0. The fourth-order valence-corrected chi connectivity index (χ4v) is 6.26. The number of rotatable bonds is 7. The van der Waals surface area contributed by atoms with Crippen LogP contribution in [0.2, 0.25) is 10.0 Å². The highest BCUT2D eigenvalue weighted by atomic mass is 35.5. The number of anilines is 1. The van der Waals surface area contributed by atoms with Crippen LogP contribution in [-0.4, -0.2) is 82.5 Å². The van der Waals surface area contributed by atoms with Crippen LogP contribution in [-0.2, 0) is 6.54 Å². The molecule has 0 aliphatic carbocycles. The average molecular weight is 557 g/mol. The van der Waals surface area contributed by atoms with Crippen LogP contribution in [0.1, 0.15) is 42.1 Å². The molecule has 0 bridgehead atoms. The van der Waals surface area contributed by atoms with Crippen molar-refractivity contribution in [3.05, 3.63) is 64.0 Å². The second-order valence-corrected chi connectivity index (χ2v) is 10.9. The second kappa shape index (κ2) is 12.0. The molecule has 2 aromatic heterocycles. The number of H-pyrrole nitrogens is 1. The molecular formula is C28H35Cl2N7O. The van der Waals surface area contributed by atoms with Crippen LogP contribution in [0.5, 0.6) is 0 Å². The van der Waals surface area contributed by atoms with Gasteiger partial charge in [-0.2, -0.15) is 0 Å². The third-order valence-electron chi connectivity index (χ3n) is 7.86. The Kier molecular flexibility index (Phi) is 8.53. The first kappa shape index (κ1) is 26.9. The molecule has 1 amide bonds. The monoisotopic (exact) mass is 555 g/mol. The molecule has 38 heavy (non-hydrogen) atoms. The highest BCUT2D eigenvalue weighted by molar-refractivity contribution is 6.33. The Morgan fingerprint density at radius 2 is 1.95 bits per heavy atom. The van der Waals surface area contributed by atoms with Crippen molar-refractivity contribution in [2.75, 3.05) is 44.7 Å². The van der Waals surface area contributed by atoms with Crippen LogP contribution in [0.25, 0.3) is 11.4 Å². The third kappa shape index (κ3) is 5.83. The lowest BCUT2D eigenvalue weighted by atomic mass is 9.97. The highest BCUT2D eigenvalue weighted by Crippen LogP contribution is 2.31. The molecule has 2 aliphatic rings. The maximum atomic E-state index is 12.4. The lowest BCUT2D eigenvalue weighted by Crippen LogP contribution is -2.58. The number of piperidine rings is 1. The van der Waals surface area contributed by atoms with Crippen molar-refractivity contribution in [2.45, 2.75) is 44.8 Å². The van der Waals surface area contributed by atoms with Crippen molar-refractivity contribution >= 4 is 34.9 Å². The Balaban J connectivity index is 1.19. The van der Waals surface area contributed by atoms with Crippen LogP contribution in [0.4, 0.5) is 5.82 Å². The number of hydrogen-bond donors (Lipinski definition) is 2. The molecule has 1 aromatic carbocycles. The number of carbonyl (C=O) groups excluding carboxylic acids is 1. The van der Waals surface area contributed by atoms with Gasteiger partial charge in [0.15, 0.2) is 0 Å². The van der Waals surface area contributed by atoms with E-state index in [0.29, 0.717) is 27.7 Å². The Bertz CT molecular complexity index is 1240. The van der Waals surface area contributed by atoms with Gasteiger partial charge in [0.2, 0.25) is 0 Å². The van der Waals surface area contributed by atoms with Crippen molar-refractivity contribution < 1.29 is 4.79 Å². The molecule has 2 aliphatic heterocycles. The van der Waals surface area contributed by atoms with E-state index in [4.69, 9.17) is 28.2 Å². The predicted molar refractivity (Wildman–Crippen MR) is 153 cm³/mol. The van der Waals surface area contributed by atoms with Crippen LogP contribution in [0.3, 0.4) is 0 Å². The summed E-state index contributed by atoms with van der Waals surface area (Å²) in [5, 5.41) is 3.98. The number of halogens is 2. The van der Waals surface area contributed by atoms with Gasteiger partial charge in [0.1, 0.15) is 11.6 Å². The number of nitrogens with zero attached hydrogens (tertiary/aromatic N) is 5. The highest BCUT2D eigenvalue weighted by Gasteiger charge is 2.34. The molecule has 2 N–H and O–H groups in total. The number of aromatic nitrogens is 3. The van der Waals surface area contributed by atoms with Gasteiger partial charge in [-0.25, -0.2) is 9.97 Å². The fourth-order valence-electron chi connectivity index (χ4n) is 5.80. The predicted octanol–water partition coefficient (Wildman–Crippen LogP) is 4.70. The molecule has 2 saturated heterocycles. The molecule has 1 unspecified atom stereocenters. The first-order chi connectivity index (χ1) is 18.5. The molecular weight excluding hydrogens is 521 g/mol. The molecule has 0 saturated carbocycles. The zero-order valence-corrected chi connectivity index (χ0v) is 23.5. The minimum absolute atomic E-state index is 0.0914. The van der Waals surface area contributed by atoms with Crippen LogP contribution in [0.15, 0.2) is 42.9 Å². The summed E-state index contributed by atoms with van der Waals surface area (Å²) >= 11 is 12.9. The van der Waals surface area contributed by atoms with Gasteiger partial charge in [0, 0.05) is 80.1 Å². The van der Waals surface area contributed by atoms with E-state index >= 15 is 0 Å². The van der Waals surface area contributed by atoms with Crippen molar-refractivity contribution in [1.82, 2.24) is 30.1 Å². The lowest BCUT2D eigenvalue weighted by molar-refractivity contribution is 0.0609. The number of imidazole rings is 1. The van der Waals surface area contributed by atoms with Crippen molar-refractivity contribution in [2.24, 2.45) is 0 Å². The third-order valence-corrected chi connectivity index (χ3v) is 8.37. The minimum atomic E-state index is -0.0914. The van der Waals surface area contributed by atoms with E-state index in [-0.39, 0.29) is 5.91 Å². The van der Waals surface area contributed by atoms with Gasteiger partial charge in [-0.05, 0) is 56.1 Å². The summed E-state index contributed by atoms with van der Waals surface area (Å²) in [6.07, 6.45) is 8.70. The van der Waals surface area contributed by atoms with E-state index in [1.807, 2.05) is 24.4 Å². The number of carbonyl (C=O) groups is 1. The van der Waals surface area contributed by atoms with E-state index in [2.05, 4.69) is 36.9 Å². The van der Waals surface area contributed by atoms with Gasteiger partial charge in [-0.1, -0.05) is 36.2 Å². The molecule has 3 aromatic rings. The summed E-state index contributed by atoms with van der Waals surface area (Å²) < 4.78 is 0. The first-order valence-electron chi connectivity index (χ1n) is 13.4. The number of hydrogen-bond acceptors (Lipinski definition) is 6. The quantitative estimate of drug-likeness (QED) is 0.439. The summed E-state index contributed by atoms with van der Waals surface area (Å²) in [5.41, 5.74) is 2.57. The van der Waals surface area contributed by atoms with Crippen molar-refractivity contribution in [3.63, 3.8) is 0 Å². The smallest absolute Gasteiger partial charge is 0.251 e. The largest absolute Gasteiger partial charge is 0.355 e. The number of pyridine rings is 1. The molecule has 1 atom stereocenters. The van der Waals surface area contributed by atoms with E-state index in [1.165, 1.54) is 0 Å². The van der Waals surface area contributed by atoms with Crippen LogP contribution in [0, 0.1) is 0 Å². The maximum absolute atomic E-state index is 12.4. The summed E-state index contributed by atoms with van der Waals surface area (Å²) in [5.74, 6) is 1.53. The van der Waals surface area contributed by atoms with Crippen LogP contribution >= 0.6 is 23.2 Å². The van der Waals surface area contributed by atoms with E-state index in [1.54, 1.807) is 25.5 Å². The number of piperazine rings is 1. The van der Waals surface area contributed by atoms with Gasteiger partial charge < -0.3 is 15.2 Å². The maximum Gasteiger partial charge on any atom is 0.251 e. The normalized spacial score (nSPS) is 19.6. The molecule has 0 radical (unpaired) electrons. The Morgan fingerprint density at radius 1 is 1.13 bits per heavy atom. The summed E-state index contributed by atoms with van der Waals surface area (Å²) in [6, 6.07) is 8.57. The second-order valence-electron chi connectivity index (χ2n) is 10.1. The molecule has 10 heteroatoms. The van der Waals surface area contributed by atoms with Gasteiger partial charge in [-0.3, -0.25) is 14.6 Å².